The highest BCUT2D eigenvalue weighted by atomic mass is 16.7. The molecule has 0 saturated heterocycles. The molecule has 2 N–H and O–H groups in total. The first kappa shape index (κ1) is 63.7. The Hall–Kier alpha value is -3.26. The number of aliphatic hydroxyl groups is 2. The van der Waals surface area contributed by atoms with E-state index in [9.17, 15) is 39.0 Å². The van der Waals surface area contributed by atoms with Crippen molar-refractivity contribution in [2.75, 3.05) is 20.0 Å². The molecule has 0 aromatic carbocycles. The molecule has 0 rings (SSSR count). The summed E-state index contributed by atoms with van der Waals surface area (Å²) in [5.74, 6) is -2.09. The largest absolute Gasteiger partial charge is 0.466 e. The van der Waals surface area contributed by atoms with E-state index in [1.165, 1.54) is 0 Å². The molecule has 0 fully saturated rings. The van der Waals surface area contributed by atoms with Gasteiger partial charge in [0.05, 0.1) is 25.4 Å². The van der Waals surface area contributed by atoms with Crippen LogP contribution in [0.4, 0.5) is 0 Å². The molecule has 0 aromatic heterocycles. The van der Waals surface area contributed by atoms with E-state index in [0.29, 0.717) is 64.6 Å². The van der Waals surface area contributed by atoms with Crippen LogP contribution >= 0.6 is 0 Å². The SMILES string of the molecule is CCCCCC(OC(=O)CCCC(=O)OCCC)C(O)CCCCCCCCCCC(=O)OCOC(=O)CCCCCCCCCCC(O)C(CCCCC)OC(=O)CCCC(=O)OCCC. The lowest BCUT2D eigenvalue weighted by Crippen LogP contribution is -2.31. The predicted octanol–water partition coefficient (Wildman–Crippen LogP) is 11.8. The molecule has 0 saturated carbocycles. The minimum absolute atomic E-state index is 0.131. The van der Waals surface area contributed by atoms with Crippen molar-refractivity contribution in [1.29, 1.82) is 0 Å². The highest BCUT2D eigenvalue weighted by molar-refractivity contribution is 5.73. The van der Waals surface area contributed by atoms with Gasteiger partial charge in [-0.25, -0.2) is 0 Å². The van der Waals surface area contributed by atoms with Crippen LogP contribution in [0.1, 0.15) is 259 Å². The van der Waals surface area contributed by atoms with Crippen LogP contribution in [-0.2, 0) is 57.2 Å². The lowest BCUT2D eigenvalue weighted by atomic mass is 9.99. The zero-order chi connectivity index (χ0) is 49.6. The Morgan fingerprint density at radius 1 is 0.313 bits per heavy atom. The zero-order valence-electron chi connectivity index (χ0n) is 42.7. The summed E-state index contributed by atoms with van der Waals surface area (Å²) in [6.07, 6.45) is 24.7. The smallest absolute Gasteiger partial charge is 0.308 e. The topological polar surface area (TPSA) is 198 Å². The standard InChI is InChI=1S/C53H96O14/c1-5-9-23-33-46(66-52(60)39-29-37-48(56)62-41-7-3)44(54)31-25-19-15-11-13-17-21-27-35-50(58)64-43-65-51(59)36-28-22-18-14-12-16-20-26-32-45(55)47(34-24-10-6-2)67-53(61)40-30-38-49(57)63-42-8-4/h44-47,54-55H,5-43H2,1-4H3. The van der Waals surface area contributed by atoms with Crippen LogP contribution in [0.15, 0.2) is 0 Å². The molecule has 0 radical (unpaired) electrons. The highest BCUT2D eigenvalue weighted by Gasteiger charge is 2.24. The number of unbranched alkanes of at least 4 members (excludes halogenated alkanes) is 18. The van der Waals surface area contributed by atoms with Crippen LogP contribution in [0.2, 0.25) is 0 Å². The van der Waals surface area contributed by atoms with E-state index in [1.807, 2.05) is 13.8 Å². The molecule has 0 aliphatic rings. The zero-order valence-corrected chi connectivity index (χ0v) is 42.7. The minimum Gasteiger partial charge on any atom is -0.466 e. The summed E-state index contributed by atoms with van der Waals surface area (Å²) in [4.78, 5) is 72.4. The minimum atomic E-state index is -0.701. The second-order valence-corrected chi connectivity index (χ2v) is 18.2. The van der Waals surface area contributed by atoms with Crippen LogP contribution in [0, 0.1) is 0 Å². The first-order valence-corrected chi connectivity index (χ1v) is 26.8. The summed E-state index contributed by atoms with van der Waals surface area (Å²) >= 11 is 0. The van der Waals surface area contributed by atoms with Crippen LogP contribution in [0.5, 0.6) is 0 Å². The van der Waals surface area contributed by atoms with E-state index in [1.54, 1.807) is 0 Å². The monoisotopic (exact) mass is 957 g/mol. The van der Waals surface area contributed by atoms with E-state index < -0.39 is 24.4 Å². The Kier molecular flexibility index (Phi) is 44.2. The lowest BCUT2D eigenvalue weighted by Gasteiger charge is -2.23. The Balaban J connectivity index is 3.94. The molecule has 14 heteroatoms. The summed E-state index contributed by atoms with van der Waals surface area (Å²) < 4.78 is 31.6. The number of hydrogen-bond donors (Lipinski definition) is 2. The molecular weight excluding hydrogens is 861 g/mol. The number of ether oxygens (including phenoxy) is 6. The van der Waals surface area contributed by atoms with Crippen molar-refractivity contribution in [3.05, 3.63) is 0 Å². The van der Waals surface area contributed by atoms with Crippen LogP contribution in [-0.4, -0.2) is 90.5 Å². The summed E-state index contributed by atoms with van der Waals surface area (Å²) in [7, 11) is 0. The fourth-order valence-corrected chi connectivity index (χ4v) is 7.68. The van der Waals surface area contributed by atoms with Gasteiger partial charge in [0.15, 0.2) is 0 Å². The molecule has 4 atom stereocenters. The van der Waals surface area contributed by atoms with Gasteiger partial charge in [-0.15, -0.1) is 0 Å². The van der Waals surface area contributed by atoms with Gasteiger partial charge in [-0.3, -0.25) is 28.8 Å². The van der Waals surface area contributed by atoms with Crippen molar-refractivity contribution in [3.8, 4) is 0 Å². The maximum absolute atomic E-state index is 12.4. The third-order valence-electron chi connectivity index (χ3n) is 11.8. The molecule has 0 heterocycles. The maximum Gasteiger partial charge on any atom is 0.308 e. The average Bonchev–Trinajstić information content (AvgIpc) is 3.30. The van der Waals surface area contributed by atoms with Gasteiger partial charge in [0, 0.05) is 38.5 Å². The van der Waals surface area contributed by atoms with Gasteiger partial charge >= 0.3 is 35.8 Å². The van der Waals surface area contributed by atoms with Crippen molar-refractivity contribution >= 4 is 35.8 Å². The van der Waals surface area contributed by atoms with E-state index >= 15 is 0 Å². The molecule has 0 aliphatic heterocycles. The molecule has 0 amide bonds. The lowest BCUT2D eigenvalue weighted by molar-refractivity contribution is -0.167. The van der Waals surface area contributed by atoms with E-state index in [-0.39, 0.29) is 68.3 Å². The molecular formula is C53H96O14. The molecule has 4 unspecified atom stereocenters. The van der Waals surface area contributed by atoms with E-state index in [2.05, 4.69) is 13.8 Å². The summed E-state index contributed by atoms with van der Waals surface area (Å²) in [5, 5.41) is 21.7. The van der Waals surface area contributed by atoms with E-state index in [0.717, 1.165) is 154 Å². The van der Waals surface area contributed by atoms with Gasteiger partial charge in [0.2, 0.25) is 6.79 Å². The van der Waals surface area contributed by atoms with Gasteiger partial charge in [0.1, 0.15) is 12.2 Å². The van der Waals surface area contributed by atoms with Gasteiger partial charge in [-0.1, -0.05) is 143 Å². The van der Waals surface area contributed by atoms with Crippen LogP contribution in [0.25, 0.3) is 0 Å². The van der Waals surface area contributed by atoms with Crippen molar-refractivity contribution in [2.45, 2.75) is 283 Å². The third-order valence-corrected chi connectivity index (χ3v) is 11.8. The highest BCUT2D eigenvalue weighted by Crippen LogP contribution is 2.20. The fourth-order valence-electron chi connectivity index (χ4n) is 7.68. The Morgan fingerprint density at radius 3 is 0.940 bits per heavy atom. The fraction of sp³-hybridized carbons (Fsp3) is 0.887. The van der Waals surface area contributed by atoms with Crippen molar-refractivity contribution < 1.29 is 67.4 Å². The Morgan fingerprint density at radius 2 is 0.597 bits per heavy atom. The number of carbonyl (C=O) groups is 6. The first-order chi connectivity index (χ1) is 32.5. The Labute approximate surface area is 405 Å². The molecule has 67 heavy (non-hydrogen) atoms. The number of aliphatic hydroxyl groups excluding tert-OH is 2. The van der Waals surface area contributed by atoms with Gasteiger partial charge in [0.25, 0.3) is 0 Å². The second-order valence-electron chi connectivity index (χ2n) is 18.2. The van der Waals surface area contributed by atoms with E-state index in [4.69, 9.17) is 28.4 Å². The average molecular weight is 957 g/mol. The number of carbonyl (C=O) groups excluding carboxylic acids is 6. The molecule has 0 aromatic rings. The normalized spacial score (nSPS) is 13.0. The van der Waals surface area contributed by atoms with Crippen molar-refractivity contribution in [3.63, 3.8) is 0 Å². The number of rotatable bonds is 48. The third kappa shape index (κ3) is 41.4. The van der Waals surface area contributed by atoms with Crippen molar-refractivity contribution in [1.82, 2.24) is 0 Å². The first-order valence-electron chi connectivity index (χ1n) is 26.8. The molecule has 0 spiro atoms. The molecule has 14 nitrogen and oxygen atoms in total. The van der Waals surface area contributed by atoms with Gasteiger partial charge < -0.3 is 38.6 Å². The van der Waals surface area contributed by atoms with Crippen LogP contribution in [0.3, 0.4) is 0 Å². The van der Waals surface area contributed by atoms with Gasteiger partial charge in [-0.2, -0.15) is 0 Å². The quantitative estimate of drug-likeness (QED) is 0.0253. The van der Waals surface area contributed by atoms with Crippen molar-refractivity contribution in [2.24, 2.45) is 0 Å². The molecule has 392 valence electrons. The number of esters is 6. The summed E-state index contributed by atoms with van der Waals surface area (Å²) in [6.45, 7) is 8.50. The van der Waals surface area contributed by atoms with Crippen LogP contribution < -0.4 is 0 Å². The second kappa shape index (κ2) is 46.5. The molecule has 0 aliphatic carbocycles. The number of hydrogen-bond acceptors (Lipinski definition) is 14. The predicted molar refractivity (Wildman–Crippen MR) is 260 cm³/mol. The Bertz CT molecular complexity index is 1150. The van der Waals surface area contributed by atoms with Gasteiger partial charge in [-0.05, 0) is 77.0 Å². The maximum atomic E-state index is 12.4. The summed E-state index contributed by atoms with van der Waals surface area (Å²) in [5.41, 5.74) is 0. The molecule has 0 bridgehead atoms. The summed E-state index contributed by atoms with van der Waals surface area (Å²) in [6, 6.07) is 0.